The van der Waals surface area contributed by atoms with Gasteiger partial charge in [0.05, 0.1) is 13.7 Å². The van der Waals surface area contributed by atoms with Gasteiger partial charge >= 0.3 is 0 Å². The van der Waals surface area contributed by atoms with Crippen molar-refractivity contribution < 1.29 is 14.2 Å². The largest absolute Gasteiger partial charge is 0.496 e. The number of halogens is 1. The first-order valence-corrected chi connectivity index (χ1v) is 7.47. The Labute approximate surface area is 155 Å². The number of methoxy groups -OCH3 is 2. The van der Waals surface area contributed by atoms with Crippen LogP contribution in [0.15, 0.2) is 17.1 Å². The average molecular weight is 435 g/mol. The highest BCUT2D eigenvalue weighted by molar-refractivity contribution is 14.0. The molecule has 1 atom stereocenters. The van der Waals surface area contributed by atoms with Gasteiger partial charge in [-0.15, -0.1) is 24.0 Å². The Morgan fingerprint density at radius 1 is 1.35 bits per heavy atom. The van der Waals surface area contributed by atoms with Crippen LogP contribution in [0.1, 0.15) is 18.1 Å². The monoisotopic (exact) mass is 435 g/mol. The van der Waals surface area contributed by atoms with E-state index in [1.807, 2.05) is 6.07 Å². The normalized spacial score (nSPS) is 16.2. The molecule has 0 saturated carbocycles. The molecule has 1 aromatic carbocycles. The van der Waals surface area contributed by atoms with Crippen LogP contribution in [0.2, 0.25) is 0 Å². The number of guanidine groups is 1. The molecular formula is C16H26IN3O3. The molecule has 0 amide bonds. The van der Waals surface area contributed by atoms with Crippen LogP contribution in [0.4, 0.5) is 0 Å². The third-order valence-electron chi connectivity index (χ3n) is 3.57. The van der Waals surface area contributed by atoms with Crippen molar-refractivity contribution in [1.29, 1.82) is 0 Å². The van der Waals surface area contributed by atoms with E-state index in [0.29, 0.717) is 19.7 Å². The number of hydrogen-bond donors (Lipinski definition) is 2. The molecule has 0 fully saturated rings. The molecule has 0 radical (unpaired) electrons. The first-order valence-electron chi connectivity index (χ1n) is 7.47. The van der Waals surface area contributed by atoms with Crippen LogP contribution in [-0.2, 0) is 17.7 Å². The fraction of sp³-hybridized carbons (Fsp3) is 0.562. The Balaban J connectivity index is 0.00000264. The lowest BCUT2D eigenvalue weighted by molar-refractivity contribution is 0.203. The van der Waals surface area contributed by atoms with Gasteiger partial charge in [-0.05, 0) is 19.1 Å². The third kappa shape index (κ3) is 5.42. The van der Waals surface area contributed by atoms with E-state index in [0.717, 1.165) is 29.4 Å². The fourth-order valence-corrected chi connectivity index (χ4v) is 2.48. The lowest BCUT2D eigenvalue weighted by Gasteiger charge is -2.14. The van der Waals surface area contributed by atoms with Gasteiger partial charge in [0.15, 0.2) is 5.96 Å². The Hall–Kier alpha value is -1.22. The van der Waals surface area contributed by atoms with Crippen LogP contribution >= 0.6 is 24.0 Å². The van der Waals surface area contributed by atoms with Crippen LogP contribution in [0.5, 0.6) is 11.5 Å². The number of aliphatic imine (C=N–C) groups is 1. The summed E-state index contributed by atoms with van der Waals surface area (Å²) < 4.78 is 16.3. The predicted molar refractivity (Wildman–Crippen MR) is 102 cm³/mol. The number of nitrogens with zero attached hydrogens (tertiary/aromatic N) is 1. The standard InChI is InChI=1S/C16H25N3O3.HI/c1-11-7-12-8-14(21-4)13(9-15(12)22-11)10-19-16(17-2)18-5-6-20-3;/h8-9,11H,5-7,10H2,1-4H3,(H2,17,18,19);1H. The second kappa shape index (κ2) is 9.82. The van der Waals surface area contributed by atoms with Crippen molar-refractivity contribution in [2.45, 2.75) is 26.0 Å². The van der Waals surface area contributed by atoms with Crippen molar-refractivity contribution in [1.82, 2.24) is 10.6 Å². The maximum atomic E-state index is 5.81. The summed E-state index contributed by atoms with van der Waals surface area (Å²) in [6.07, 6.45) is 1.16. The maximum absolute atomic E-state index is 5.81. The second-order valence-electron chi connectivity index (χ2n) is 5.25. The van der Waals surface area contributed by atoms with Crippen molar-refractivity contribution in [3.05, 3.63) is 23.3 Å². The Kier molecular flexibility index (Phi) is 8.46. The molecule has 0 spiro atoms. The van der Waals surface area contributed by atoms with E-state index in [9.17, 15) is 0 Å². The molecule has 130 valence electrons. The number of rotatable bonds is 6. The molecule has 2 rings (SSSR count). The zero-order valence-corrected chi connectivity index (χ0v) is 16.5. The number of ether oxygens (including phenoxy) is 3. The summed E-state index contributed by atoms with van der Waals surface area (Å²) in [5, 5.41) is 6.45. The molecular weight excluding hydrogens is 409 g/mol. The fourth-order valence-electron chi connectivity index (χ4n) is 2.48. The van der Waals surface area contributed by atoms with Crippen molar-refractivity contribution in [3.8, 4) is 11.5 Å². The van der Waals surface area contributed by atoms with Gasteiger partial charge in [0, 0.05) is 44.8 Å². The Morgan fingerprint density at radius 2 is 2.13 bits per heavy atom. The predicted octanol–water partition coefficient (Wildman–Crippen LogP) is 1.95. The van der Waals surface area contributed by atoms with Crippen LogP contribution in [-0.4, -0.2) is 46.5 Å². The van der Waals surface area contributed by atoms with E-state index in [1.54, 1.807) is 21.3 Å². The van der Waals surface area contributed by atoms with E-state index >= 15 is 0 Å². The SMILES string of the molecule is CN=C(NCCOC)NCc1cc2c(cc1OC)CC(C)O2.I. The highest BCUT2D eigenvalue weighted by Gasteiger charge is 2.21. The lowest BCUT2D eigenvalue weighted by atomic mass is 10.1. The highest BCUT2D eigenvalue weighted by Crippen LogP contribution is 2.34. The zero-order valence-electron chi connectivity index (χ0n) is 14.1. The summed E-state index contributed by atoms with van der Waals surface area (Å²) in [4.78, 5) is 4.18. The van der Waals surface area contributed by atoms with E-state index in [1.165, 1.54) is 5.56 Å². The number of nitrogens with one attached hydrogen (secondary N) is 2. The van der Waals surface area contributed by atoms with Gasteiger partial charge < -0.3 is 24.8 Å². The summed E-state index contributed by atoms with van der Waals surface area (Å²) in [5.74, 6) is 2.55. The van der Waals surface area contributed by atoms with Crippen molar-refractivity contribution in [2.75, 3.05) is 34.4 Å². The molecule has 1 unspecified atom stereocenters. The molecule has 2 N–H and O–H groups in total. The summed E-state index contributed by atoms with van der Waals surface area (Å²) in [7, 11) is 5.11. The first kappa shape index (κ1) is 19.8. The zero-order chi connectivity index (χ0) is 15.9. The molecule has 0 aliphatic carbocycles. The van der Waals surface area contributed by atoms with Crippen molar-refractivity contribution in [2.24, 2.45) is 4.99 Å². The highest BCUT2D eigenvalue weighted by atomic mass is 127. The average Bonchev–Trinajstić information content (AvgIpc) is 2.88. The first-order chi connectivity index (χ1) is 10.7. The van der Waals surface area contributed by atoms with Crippen LogP contribution in [0.25, 0.3) is 0 Å². The van der Waals surface area contributed by atoms with Gasteiger partial charge in [-0.3, -0.25) is 4.99 Å². The van der Waals surface area contributed by atoms with E-state index in [4.69, 9.17) is 14.2 Å². The van der Waals surface area contributed by atoms with Gasteiger partial charge in [0.1, 0.15) is 17.6 Å². The minimum Gasteiger partial charge on any atom is -0.496 e. The second-order valence-corrected chi connectivity index (χ2v) is 5.25. The van der Waals surface area contributed by atoms with Gasteiger partial charge in [-0.1, -0.05) is 0 Å². The topological polar surface area (TPSA) is 64.1 Å². The maximum Gasteiger partial charge on any atom is 0.191 e. The summed E-state index contributed by atoms with van der Waals surface area (Å²) in [6, 6.07) is 4.12. The molecule has 23 heavy (non-hydrogen) atoms. The van der Waals surface area contributed by atoms with Crippen molar-refractivity contribution >= 4 is 29.9 Å². The number of fused-ring (bicyclic) bond motifs is 1. The molecule has 1 aromatic rings. The van der Waals surface area contributed by atoms with E-state index < -0.39 is 0 Å². The molecule has 0 aromatic heterocycles. The molecule has 6 nitrogen and oxygen atoms in total. The smallest absolute Gasteiger partial charge is 0.191 e. The van der Waals surface area contributed by atoms with Crippen LogP contribution in [0.3, 0.4) is 0 Å². The lowest BCUT2D eigenvalue weighted by Crippen LogP contribution is -2.38. The summed E-state index contributed by atoms with van der Waals surface area (Å²) in [6.45, 7) is 4.03. The molecule has 1 aliphatic heterocycles. The van der Waals surface area contributed by atoms with Gasteiger partial charge in [-0.2, -0.15) is 0 Å². The van der Waals surface area contributed by atoms with Crippen LogP contribution in [0, 0.1) is 0 Å². The van der Waals surface area contributed by atoms with E-state index in [2.05, 4.69) is 28.6 Å². The summed E-state index contributed by atoms with van der Waals surface area (Å²) in [5.41, 5.74) is 2.25. The van der Waals surface area contributed by atoms with Gasteiger partial charge in [-0.25, -0.2) is 0 Å². The molecule has 1 aliphatic rings. The minimum atomic E-state index is 0. The van der Waals surface area contributed by atoms with Crippen molar-refractivity contribution in [3.63, 3.8) is 0 Å². The summed E-state index contributed by atoms with van der Waals surface area (Å²) >= 11 is 0. The molecule has 0 bridgehead atoms. The van der Waals surface area contributed by atoms with E-state index in [-0.39, 0.29) is 30.1 Å². The Bertz CT molecular complexity index is 538. The Morgan fingerprint density at radius 3 is 2.78 bits per heavy atom. The number of hydrogen-bond acceptors (Lipinski definition) is 4. The van der Waals surface area contributed by atoms with Gasteiger partial charge in [0.2, 0.25) is 0 Å². The molecule has 1 heterocycles. The quantitative estimate of drug-likeness (QED) is 0.310. The van der Waals surface area contributed by atoms with Crippen LogP contribution < -0.4 is 20.1 Å². The third-order valence-corrected chi connectivity index (χ3v) is 3.57. The minimum absolute atomic E-state index is 0. The molecule has 7 heteroatoms. The molecule has 0 saturated heterocycles. The number of benzene rings is 1. The van der Waals surface area contributed by atoms with Gasteiger partial charge in [0.25, 0.3) is 0 Å².